The van der Waals surface area contributed by atoms with E-state index in [9.17, 15) is 4.79 Å². The molecule has 1 aromatic heterocycles. The van der Waals surface area contributed by atoms with E-state index in [1.54, 1.807) is 0 Å². The maximum Gasteiger partial charge on any atom is 0.337 e. The summed E-state index contributed by atoms with van der Waals surface area (Å²) in [7, 11) is 0. The summed E-state index contributed by atoms with van der Waals surface area (Å²) in [4.78, 5) is 14.9. The highest BCUT2D eigenvalue weighted by Crippen LogP contribution is 2.13. The third-order valence-corrected chi connectivity index (χ3v) is 2.70. The molecule has 5 nitrogen and oxygen atoms in total. The van der Waals surface area contributed by atoms with Crippen LogP contribution in [-0.4, -0.2) is 29.2 Å². The van der Waals surface area contributed by atoms with Crippen molar-refractivity contribution in [2.75, 3.05) is 18.5 Å². The average Bonchev–Trinajstić information content (AvgIpc) is 2.48. The molecule has 0 spiro atoms. The van der Waals surface area contributed by atoms with Gasteiger partial charge in [0.05, 0.1) is 24.1 Å². The van der Waals surface area contributed by atoms with Gasteiger partial charge in [-0.1, -0.05) is 18.2 Å². The number of anilines is 1. The van der Waals surface area contributed by atoms with Crippen molar-refractivity contribution in [1.82, 2.24) is 4.98 Å². The molecule has 2 rings (SSSR count). The number of ether oxygens (including phenoxy) is 1. The monoisotopic (exact) mass is 272 g/mol. The molecule has 2 aromatic rings. The highest BCUT2D eigenvalue weighted by Gasteiger charge is 2.08. The van der Waals surface area contributed by atoms with Gasteiger partial charge in [-0.15, -0.1) is 0 Å². The minimum absolute atomic E-state index is 0.226. The molecule has 1 aromatic carbocycles. The molecule has 0 saturated heterocycles. The van der Waals surface area contributed by atoms with Gasteiger partial charge in [-0.25, -0.2) is 4.79 Å². The SMILES string of the molecule is O=C(O)c1ccncc1NCCCOc1ccccc1. The number of carboxylic acid groups (broad SMARTS) is 1. The van der Waals surface area contributed by atoms with E-state index in [2.05, 4.69) is 10.3 Å². The fourth-order valence-corrected chi connectivity index (χ4v) is 1.72. The van der Waals surface area contributed by atoms with Crippen LogP contribution < -0.4 is 10.1 Å². The van der Waals surface area contributed by atoms with Gasteiger partial charge in [0.15, 0.2) is 0 Å². The first-order valence-corrected chi connectivity index (χ1v) is 6.36. The number of pyridine rings is 1. The third-order valence-electron chi connectivity index (χ3n) is 2.70. The number of carboxylic acids is 1. The van der Waals surface area contributed by atoms with E-state index in [1.165, 1.54) is 18.5 Å². The molecule has 0 amide bonds. The highest BCUT2D eigenvalue weighted by molar-refractivity contribution is 5.93. The van der Waals surface area contributed by atoms with E-state index in [4.69, 9.17) is 9.84 Å². The van der Waals surface area contributed by atoms with E-state index in [0.29, 0.717) is 18.8 Å². The van der Waals surface area contributed by atoms with Crippen molar-refractivity contribution in [3.63, 3.8) is 0 Å². The maximum absolute atomic E-state index is 11.0. The molecule has 0 radical (unpaired) electrons. The van der Waals surface area contributed by atoms with Crippen molar-refractivity contribution in [3.05, 3.63) is 54.4 Å². The molecule has 0 atom stereocenters. The van der Waals surface area contributed by atoms with Crippen LogP contribution in [0.25, 0.3) is 0 Å². The van der Waals surface area contributed by atoms with Crippen molar-refractivity contribution in [3.8, 4) is 5.75 Å². The summed E-state index contributed by atoms with van der Waals surface area (Å²) >= 11 is 0. The third kappa shape index (κ3) is 3.98. The summed E-state index contributed by atoms with van der Waals surface area (Å²) in [5.41, 5.74) is 0.753. The van der Waals surface area contributed by atoms with Crippen LogP contribution in [0.15, 0.2) is 48.8 Å². The smallest absolute Gasteiger partial charge is 0.337 e. The summed E-state index contributed by atoms with van der Waals surface area (Å²) in [5, 5.41) is 12.1. The van der Waals surface area contributed by atoms with Crippen LogP contribution in [0.4, 0.5) is 5.69 Å². The Kier molecular flexibility index (Phi) is 4.94. The predicted molar refractivity (Wildman–Crippen MR) is 76.2 cm³/mol. The molecule has 0 bridgehead atoms. The van der Waals surface area contributed by atoms with Gasteiger partial charge in [0.1, 0.15) is 5.75 Å². The first-order valence-electron chi connectivity index (χ1n) is 6.36. The van der Waals surface area contributed by atoms with Crippen molar-refractivity contribution in [2.45, 2.75) is 6.42 Å². The number of para-hydroxylation sites is 1. The molecule has 5 heteroatoms. The molecule has 0 fully saturated rings. The second kappa shape index (κ2) is 7.13. The largest absolute Gasteiger partial charge is 0.494 e. The second-order valence-corrected chi connectivity index (χ2v) is 4.17. The van der Waals surface area contributed by atoms with Gasteiger partial charge in [0, 0.05) is 12.7 Å². The lowest BCUT2D eigenvalue weighted by atomic mass is 10.2. The number of aromatic carboxylic acids is 1. The topological polar surface area (TPSA) is 71.5 Å². The average molecular weight is 272 g/mol. The van der Waals surface area contributed by atoms with Gasteiger partial charge >= 0.3 is 5.97 Å². The molecule has 2 N–H and O–H groups in total. The van der Waals surface area contributed by atoms with Gasteiger partial charge in [-0.2, -0.15) is 0 Å². The lowest BCUT2D eigenvalue weighted by molar-refractivity contribution is 0.0698. The van der Waals surface area contributed by atoms with Crippen LogP contribution in [0.3, 0.4) is 0 Å². The van der Waals surface area contributed by atoms with Crippen molar-refractivity contribution < 1.29 is 14.6 Å². The first-order chi connectivity index (χ1) is 9.77. The van der Waals surface area contributed by atoms with Gasteiger partial charge in [0.25, 0.3) is 0 Å². The molecule has 0 unspecified atom stereocenters. The second-order valence-electron chi connectivity index (χ2n) is 4.17. The van der Waals surface area contributed by atoms with E-state index in [0.717, 1.165) is 12.2 Å². The number of benzene rings is 1. The van der Waals surface area contributed by atoms with Crippen molar-refractivity contribution >= 4 is 11.7 Å². The zero-order chi connectivity index (χ0) is 14.2. The van der Waals surface area contributed by atoms with Crippen LogP contribution in [0.2, 0.25) is 0 Å². The fraction of sp³-hybridized carbons (Fsp3) is 0.200. The Morgan fingerprint density at radius 1 is 1.25 bits per heavy atom. The minimum atomic E-state index is -0.963. The number of hydrogen-bond donors (Lipinski definition) is 2. The lowest BCUT2D eigenvalue weighted by Crippen LogP contribution is -2.10. The fourth-order valence-electron chi connectivity index (χ4n) is 1.72. The lowest BCUT2D eigenvalue weighted by Gasteiger charge is -2.09. The molecular weight excluding hydrogens is 256 g/mol. The summed E-state index contributed by atoms with van der Waals surface area (Å²) in [6.45, 7) is 1.19. The first kappa shape index (κ1) is 13.9. The van der Waals surface area contributed by atoms with Gasteiger partial charge in [-0.05, 0) is 24.6 Å². The minimum Gasteiger partial charge on any atom is -0.494 e. The van der Waals surface area contributed by atoms with Crippen LogP contribution in [0.1, 0.15) is 16.8 Å². The summed E-state index contributed by atoms with van der Waals surface area (Å²) in [5.74, 6) is -0.129. The number of rotatable bonds is 7. The Bertz CT molecular complexity index is 558. The maximum atomic E-state index is 11.0. The zero-order valence-corrected chi connectivity index (χ0v) is 11.0. The van der Waals surface area contributed by atoms with E-state index >= 15 is 0 Å². The molecule has 0 aliphatic carbocycles. The van der Waals surface area contributed by atoms with Gasteiger partial charge in [0.2, 0.25) is 0 Å². The van der Waals surface area contributed by atoms with Gasteiger partial charge in [-0.3, -0.25) is 4.98 Å². The van der Waals surface area contributed by atoms with Crippen LogP contribution >= 0.6 is 0 Å². The number of carbonyl (C=O) groups is 1. The Hall–Kier alpha value is -2.56. The van der Waals surface area contributed by atoms with Crippen LogP contribution in [0.5, 0.6) is 5.75 Å². The summed E-state index contributed by atoms with van der Waals surface area (Å²) < 4.78 is 5.55. The summed E-state index contributed by atoms with van der Waals surface area (Å²) in [6, 6.07) is 11.0. The van der Waals surface area contributed by atoms with Crippen molar-refractivity contribution in [1.29, 1.82) is 0 Å². The molecule has 1 heterocycles. The Morgan fingerprint density at radius 3 is 2.80 bits per heavy atom. The molecule has 104 valence electrons. The number of nitrogens with one attached hydrogen (secondary N) is 1. The predicted octanol–water partition coefficient (Wildman–Crippen LogP) is 2.66. The highest BCUT2D eigenvalue weighted by atomic mass is 16.5. The number of hydrogen-bond acceptors (Lipinski definition) is 4. The zero-order valence-electron chi connectivity index (χ0n) is 11.0. The van der Waals surface area contributed by atoms with Crippen LogP contribution in [0, 0.1) is 0 Å². The molecule has 0 aliphatic heterocycles. The van der Waals surface area contributed by atoms with Crippen molar-refractivity contribution in [2.24, 2.45) is 0 Å². The number of nitrogens with zero attached hydrogens (tertiary/aromatic N) is 1. The molecule has 20 heavy (non-hydrogen) atoms. The summed E-state index contributed by atoms with van der Waals surface area (Å²) in [6.07, 6.45) is 3.75. The van der Waals surface area contributed by atoms with Crippen LogP contribution in [-0.2, 0) is 0 Å². The normalized spacial score (nSPS) is 10.0. The molecule has 0 aliphatic rings. The van der Waals surface area contributed by atoms with E-state index < -0.39 is 5.97 Å². The Labute approximate surface area is 117 Å². The quantitative estimate of drug-likeness (QED) is 0.758. The number of aromatic nitrogens is 1. The standard InChI is InChI=1S/C15H16N2O3/c18-15(19)13-7-9-16-11-14(13)17-8-4-10-20-12-5-2-1-3-6-12/h1-3,5-7,9,11,17H,4,8,10H2,(H,18,19). The van der Waals surface area contributed by atoms with E-state index in [-0.39, 0.29) is 5.56 Å². The Morgan fingerprint density at radius 2 is 2.05 bits per heavy atom. The molecule has 0 saturated carbocycles. The molecular formula is C15H16N2O3. The van der Waals surface area contributed by atoms with Gasteiger partial charge < -0.3 is 15.2 Å². The van der Waals surface area contributed by atoms with E-state index in [1.807, 2.05) is 30.3 Å². The Balaban J connectivity index is 1.75.